The summed E-state index contributed by atoms with van der Waals surface area (Å²) in [5.74, 6) is -4.17. The minimum absolute atomic E-state index is 0.00618. The lowest BCUT2D eigenvalue weighted by molar-refractivity contribution is -0.194. The van der Waals surface area contributed by atoms with Crippen LogP contribution in [0.15, 0.2) is 36.5 Å². The summed E-state index contributed by atoms with van der Waals surface area (Å²) in [6.45, 7) is 12.7. The van der Waals surface area contributed by atoms with E-state index >= 15 is 0 Å². The van der Waals surface area contributed by atoms with E-state index in [1.165, 1.54) is 13.0 Å². The van der Waals surface area contributed by atoms with Crippen LogP contribution in [0.1, 0.15) is 34.1 Å². The summed E-state index contributed by atoms with van der Waals surface area (Å²) in [5, 5.41) is 11.0. The summed E-state index contributed by atoms with van der Waals surface area (Å²) in [6, 6.07) is 0. The Balaban J connectivity index is 2.67. The van der Waals surface area contributed by atoms with Gasteiger partial charge in [-0.05, 0) is 32.3 Å². The molecule has 8 heteroatoms. The van der Waals surface area contributed by atoms with Gasteiger partial charge in [0.2, 0.25) is 0 Å². The lowest BCUT2D eigenvalue weighted by Gasteiger charge is -2.39. The molecule has 0 saturated carbocycles. The molecule has 0 aromatic rings. The second-order valence-corrected chi connectivity index (χ2v) is 7.76. The first-order valence-electron chi connectivity index (χ1n) is 9.24. The Morgan fingerprint density at radius 3 is 2.45 bits per heavy atom. The molecular formula is C21H26O8. The fraction of sp³-hybridized carbons (Fsp3) is 0.524. The van der Waals surface area contributed by atoms with Gasteiger partial charge < -0.3 is 19.3 Å². The molecule has 0 radical (unpaired) electrons. The molecule has 0 aromatic carbocycles. The van der Waals surface area contributed by atoms with Crippen LogP contribution in [0, 0.1) is 11.8 Å². The molecule has 1 fully saturated rings. The Kier molecular flexibility index (Phi) is 6.47. The number of rotatable bonds is 3. The van der Waals surface area contributed by atoms with Crippen LogP contribution in [-0.2, 0) is 33.4 Å². The first kappa shape index (κ1) is 22.5. The van der Waals surface area contributed by atoms with Crippen LogP contribution in [0.3, 0.4) is 0 Å². The average molecular weight is 406 g/mol. The van der Waals surface area contributed by atoms with Crippen LogP contribution < -0.4 is 0 Å². The van der Waals surface area contributed by atoms with E-state index in [2.05, 4.69) is 13.2 Å². The van der Waals surface area contributed by atoms with Crippen molar-refractivity contribution in [3.8, 4) is 0 Å². The van der Waals surface area contributed by atoms with Gasteiger partial charge in [-0.15, -0.1) is 0 Å². The smallest absolute Gasteiger partial charge is 0.334 e. The van der Waals surface area contributed by atoms with Crippen LogP contribution >= 0.6 is 0 Å². The maximum absolute atomic E-state index is 12.7. The van der Waals surface area contributed by atoms with E-state index in [1.54, 1.807) is 6.08 Å². The number of carbonyl (C=O) groups is 4. The maximum Gasteiger partial charge on any atom is 0.334 e. The Bertz CT molecular complexity index is 791. The van der Waals surface area contributed by atoms with Gasteiger partial charge in [0.15, 0.2) is 23.6 Å². The molecule has 8 nitrogen and oxygen atoms in total. The molecule has 0 unspecified atom stereocenters. The number of allylic oxidation sites excluding steroid dienone is 1. The fourth-order valence-electron chi connectivity index (χ4n) is 3.49. The van der Waals surface area contributed by atoms with Crippen molar-refractivity contribution in [2.75, 3.05) is 0 Å². The van der Waals surface area contributed by atoms with Gasteiger partial charge in [-0.25, -0.2) is 9.59 Å². The van der Waals surface area contributed by atoms with Gasteiger partial charge in [-0.1, -0.05) is 26.2 Å². The summed E-state index contributed by atoms with van der Waals surface area (Å²) in [4.78, 5) is 49.0. The number of esters is 3. The van der Waals surface area contributed by atoms with Gasteiger partial charge in [0.05, 0.1) is 5.92 Å². The molecule has 1 heterocycles. The summed E-state index contributed by atoms with van der Waals surface area (Å²) in [7, 11) is 0. The third kappa shape index (κ3) is 4.64. The van der Waals surface area contributed by atoms with E-state index in [0.717, 1.165) is 13.8 Å². The van der Waals surface area contributed by atoms with E-state index in [0.29, 0.717) is 6.42 Å². The number of hydrogen-bond donors (Lipinski definition) is 1. The second kappa shape index (κ2) is 8.32. The molecule has 0 amide bonds. The van der Waals surface area contributed by atoms with Crippen molar-refractivity contribution < 1.29 is 38.5 Å². The second-order valence-electron chi connectivity index (χ2n) is 7.76. The molecule has 6 atom stereocenters. The third-order valence-electron chi connectivity index (χ3n) is 5.09. The molecule has 1 N–H and O–H groups in total. The lowest BCUT2D eigenvalue weighted by atomic mass is 9.77. The molecule has 1 aliphatic heterocycles. The van der Waals surface area contributed by atoms with Crippen LogP contribution in [0.4, 0.5) is 0 Å². The number of aliphatic hydroxyl groups is 1. The van der Waals surface area contributed by atoms with Crippen molar-refractivity contribution in [2.45, 2.75) is 58.0 Å². The van der Waals surface area contributed by atoms with Crippen LogP contribution in [0.25, 0.3) is 0 Å². The quantitative estimate of drug-likeness (QED) is 0.425. The predicted molar refractivity (Wildman–Crippen MR) is 101 cm³/mol. The lowest BCUT2D eigenvalue weighted by Crippen LogP contribution is -2.58. The zero-order chi connectivity index (χ0) is 22.1. The predicted octanol–water partition coefficient (Wildman–Crippen LogP) is 1.42. The van der Waals surface area contributed by atoms with E-state index in [9.17, 15) is 24.3 Å². The van der Waals surface area contributed by atoms with Gasteiger partial charge >= 0.3 is 17.9 Å². The maximum atomic E-state index is 12.7. The normalized spacial score (nSPS) is 35.9. The minimum Gasteiger partial charge on any atom is -0.458 e. The van der Waals surface area contributed by atoms with Crippen molar-refractivity contribution >= 4 is 23.7 Å². The molecule has 2 rings (SSSR count). The molecule has 1 saturated heterocycles. The average Bonchev–Trinajstić information content (AvgIpc) is 2.88. The zero-order valence-electron chi connectivity index (χ0n) is 17.0. The van der Waals surface area contributed by atoms with E-state index in [-0.39, 0.29) is 17.1 Å². The molecule has 158 valence electrons. The molecule has 0 aromatic heterocycles. The highest BCUT2D eigenvalue weighted by atomic mass is 16.6. The fourth-order valence-corrected chi connectivity index (χ4v) is 3.49. The highest BCUT2D eigenvalue weighted by Gasteiger charge is 2.55. The van der Waals surface area contributed by atoms with Gasteiger partial charge in [0, 0.05) is 18.1 Å². The van der Waals surface area contributed by atoms with Crippen molar-refractivity contribution in [1.29, 1.82) is 0 Å². The molecule has 2 aliphatic rings. The topological polar surface area (TPSA) is 116 Å². The molecule has 0 spiro atoms. The summed E-state index contributed by atoms with van der Waals surface area (Å²) in [5.41, 5.74) is -2.18. The molecule has 29 heavy (non-hydrogen) atoms. The van der Waals surface area contributed by atoms with Crippen molar-refractivity contribution in [1.82, 2.24) is 0 Å². The highest BCUT2D eigenvalue weighted by Crippen LogP contribution is 2.40. The zero-order valence-corrected chi connectivity index (χ0v) is 17.0. The Labute approximate surface area is 169 Å². The molecular weight excluding hydrogens is 380 g/mol. The van der Waals surface area contributed by atoms with E-state index in [4.69, 9.17) is 14.2 Å². The van der Waals surface area contributed by atoms with Gasteiger partial charge in [-0.2, -0.15) is 0 Å². The number of ketones is 1. The van der Waals surface area contributed by atoms with E-state index in [1.807, 2.05) is 6.92 Å². The first-order chi connectivity index (χ1) is 13.4. The summed E-state index contributed by atoms with van der Waals surface area (Å²) < 4.78 is 16.2. The van der Waals surface area contributed by atoms with Crippen LogP contribution in [0.2, 0.25) is 0 Å². The number of carbonyl (C=O) groups excluding carboxylic acids is 4. The first-order valence-corrected chi connectivity index (χ1v) is 9.24. The van der Waals surface area contributed by atoms with Gasteiger partial charge in [0.25, 0.3) is 0 Å². The summed E-state index contributed by atoms with van der Waals surface area (Å²) >= 11 is 0. The largest absolute Gasteiger partial charge is 0.458 e. The highest BCUT2D eigenvalue weighted by molar-refractivity contribution is 5.98. The van der Waals surface area contributed by atoms with Crippen LogP contribution in [0.5, 0.6) is 0 Å². The minimum atomic E-state index is -2.24. The third-order valence-corrected chi connectivity index (χ3v) is 5.09. The van der Waals surface area contributed by atoms with Crippen LogP contribution in [-0.4, -0.2) is 52.7 Å². The van der Waals surface area contributed by atoms with Gasteiger partial charge in [0.1, 0.15) is 6.10 Å². The number of fused-ring (bicyclic) bond motifs is 1. The number of ether oxygens (including phenoxy) is 3. The Morgan fingerprint density at radius 1 is 1.28 bits per heavy atom. The molecule has 1 aliphatic carbocycles. The van der Waals surface area contributed by atoms with Crippen molar-refractivity contribution in [3.63, 3.8) is 0 Å². The van der Waals surface area contributed by atoms with Gasteiger partial charge in [-0.3, -0.25) is 9.59 Å². The standard InChI is InChI=1S/C21H26O8/c1-10(2)19(24)29-17-16-12(4)20(25)28-14(16)9-11(3)7-8-15(23)21(6,26)18(17)27-13(5)22/h7-8,11,14,16-18,26H,1,4,9H2,2-3,5-6H3/b8-7-/t11-,14-,16+,17+,18-,21-/m1/s1. The van der Waals surface area contributed by atoms with Crippen molar-refractivity contribution in [3.05, 3.63) is 36.5 Å². The Hall–Kier alpha value is -2.74. The summed E-state index contributed by atoms with van der Waals surface area (Å²) in [6.07, 6.45) is -0.676. The number of hydrogen-bond acceptors (Lipinski definition) is 8. The molecule has 0 bridgehead atoms. The SMILES string of the molecule is C=C(C)C(=O)O[C@H]1[C@H]2C(=C)C(=O)O[C@@H]2C[C@H](C)/C=C\C(=O)[C@@](C)(O)[C@@H]1OC(C)=O. The van der Waals surface area contributed by atoms with E-state index < -0.39 is 53.5 Å². The van der Waals surface area contributed by atoms with Crippen molar-refractivity contribution in [2.24, 2.45) is 11.8 Å². The monoisotopic (exact) mass is 406 g/mol. The Morgan fingerprint density at radius 2 is 1.90 bits per heavy atom.